The fourth-order valence-electron chi connectivity index (χ4n) is 2.27. The van der Waals surface area contributed by atoms with Crippen LogP contribution in [0.5, 0.6) is 5.75 Å². The van der Waals surface area contributed by atoms with Crippen LogP contribution < -0.4 is 15.8 Å². The van der Waals surface area contributed by atoms with Crippen molar-refractivity contribution in [2.75, 3.05) is 13.2 Å². The smallest absolute Gasteiger partial charge is 0.220 e. The summed E-state index contributed by atoms with van der Waals surface area (Å²) in [6.45, 7) is 3.19. The van der Waals surface area contributed by atoms with E-state index >= 15 is 0 Å². The zero-order valence-electron chi connectivity index (χ0n) is 12.1. The first-order valence-corrected chi connectivity index (χ1v) is 7.43. The summed E-state index contributed by atoms with van der Waals surface area (Å²) in [5.41, 5.74) is 7.04. The third-order valence-electron chi connectivity index (χ3n) is 3.66. The molecule has 1 fully saturated rings. The molecule has 4 heteroatoms. The minimum absolute atomic E-state index is 0.0624. The molecule has 2 rings (SSSR count). The Morgan fingerprint density at radius 2 is 2.20 bits per heavy atom. The molecular formula is C16H24N2O2. The fourth-order valence-corrected chi connectivity index (χ4v) is 2.27. The molecule has 0 bridgehead atoms. The molecule has 20 heavy (non-hydrogen) atoms. The second-order valence-electron chi connectivity index (χ2n) is 5.35. The molecule has 110 valence electrons. The van der Waals surface area contributed by atoms with Crippen LogP contribution in [0.2, 0.25) is 0 Å². The van der Waals surface area contributed by atoms with Gasteiger partial charge in [0.25, 0.3) is 0 Å². The van der Waals surface area contributed by atoms with Crippen molar-refractivity contribution in [1.29, 1.82) is 0 Å². The third kappa shape index (κ3) is 4.53. The van der Waals surface area contributed by atoms with E-state index < -0.39 is 0 Å². The van der Waals surface area contributed by atoms with Crippen molar-refractivity contribution in [1.82, 2.24) is 5.32 Å². The number of para-hydroxylation sites is 1. The lowest BCUT2D eigenvalue weighted by atomic mass is 10.1. The molecule has 1 aromatic rings. The van der Waals surface area contributed by atoms with Crippen molar-refractivity contribution in [3.05, 3.63) is 29.8 Å². The quantitative estimate of drug-likeness (QED) is 0.762. The maximum Gasteiger partial charge on any atom is 0.220 e. The Morgan fingerprint density at radius 1 is 1.45 bits per heavy atom. The van der Waals surface area contributed by atoms with Gasteiger partial charge in [-0.05, 0) is 43.7 Å². The molecule has 1 saturated carbocycles. The van der Waals surface area contributed by atoms with Crippen molar-refractivity contribution in [3.8, 4) is 5.75 Å². The van der Waals surface area contributed by atoms with Gasteiger partial charge in [0.15, 0.2) is 0 Å². The molecule has 0 heterocycles. The Balaban J connectivity index is 1.74. The van der Waals surface area contributed by atoms with Crippen molar-refractivity contribution in [2.45, 2.75) is 38.6 Å². The highest BCUT2D eigenvalue weighted by Gasteiger charge is 2.28. The zero-order valence-corrected chi connectivity index (χ0v) is 12.1. The van der Waals surface area contributed by atoms with E-state index in [4.69, 9.17) is 10.5 Å². The molecule has 3 N–H and O–H groups in total. The van der Waals surface area contributed by atoms with E-state index in [-0.39, 0.29) is 11.9 Å². The van der Waals surface area contributed by atoms with Crippen molar-refractivity contribution < 1.29 is 9.53 Å². The molecule has 0 radical (unpaired) electrons. The van der Waals surface area contributed by atoms with Gasteiger partial charge in [-0.15, -0.1) is 0 Å². The molecule has 0 spiro atoms. The van der Waals surface area contributed by atoms with Crippen LogP contribution in [0.15, 0.2) is 24.3 Å². The number of amides is 1. The first-order chi connectivity index (χ1) is 9.70. The summed E-state index contributed by atoms with van der Waals surface area (Å²) in [6, 6.07) is 7.99. The number of nitrogens with one attached hydrogen (secondary N) is 1. The first-order valence-electron chi connectivity index (χ1n) is 7.43. The normalized spacial score (nSPS) is 15.7. The van der Waals surface area contributed by atoms with Crippen molar-refractivity contribution >= 4 is 5.91 Å². The Bertz CT molecular complexity index is 444. The third-order valence-corrected chi connectivity index (χ3v) is 3.66. The van der Waals surface area contributed by atoms with Gasteiger partial charge in [0.1, 0.15) is 5.75 Å². The first kappa shape index (κ1) is 14.9. The Labute approximate surface area is 120 Å². The number of benzene rings is 1. The van der Waals surface area contributed by atoms with Gasteiger partial charge in [-0.3, -0.25) is 4.79 Å². The van der Waals surface area contributed by atoms with E-state index in [2.05, 4.69) is 5.32 Å². The predicted octanol–water partition coefficient (Wildman–Crippen LogP) is 1.87. The SMILES string of the molecule is CCOc1ccccc1CCC(=O)NCC(N)C1CC1. The van der Waals surface area contributed by atoms with Crippen LogP contribution in [-0.4, -0.2) is 25.1 Å². The van der Waals surface area contributed by atoms with Crippen LogP contribution in [0, 0.1) is 5.92 Å². The minimum atomic E-state index is 0.0624. The number of nitrogens with two attached hydrogens (primary N) is 1. The van der Waals surface area contributed by atoms with Gasteiger partial charge >= 0.3 is 0 Å². The summed E-state index contributed by atoms with van der Waals surface area (Å²) in [5, 5.41) is 2.92. The molecule has 1 atom stereocenters. The second-order valence-corrected chi connectivity index (χ2v) is 5.35. The Hall–Kier alpha value is -1.55. The van der Waals surface area contributed by atoms with E-state index in [1.54, 1.807) is 0 Å². The highest BCUT2D eigenvalue weighted by molar-refractivity contribution is 5.76. The van der Waals surface area contributed by atoms with Gasteiger partial charge in [0.2, 0.25) is 5.91 Å². The van der Waals surface area contributed by atoms with Crippen LogP contribution in [0.1, 0.15) is 31.7 Å². The average molecular weight is 276 g/mol. The molecule has 1 aliphatic rings. The lowest BCUT2D eigenvalue weighted by Gasteiger charge is -2.12. The van der Waals surface area contributed by atoms with Gasteiger partial charge < -0.3 is 15.8 Å². The van der Waals surface area contributed by atoms with Crippen LogP contribution in [0.4, 0.5) is 0 Å². The largest absolute Gasteiger partial charge is 0.494 e. The maximum absolute atomic E-state index is 11.8. The molecule has 1 aromatic carbocycles. The standard InChI is InChI=1S/C16H24N2O2/c1-2-20-15-6-4-3-5-13(15)9-10-16(19)18-11-14(17)12-7-8-12/h3-6,12,14H,2,7-11,17H2,1H3,(H,18,19). The number of ether oxygens (including phenoxy) is 1. The molecule has 0 aromatic heterocycles. The molecule has 0 saturated heterocycles. The van der Waals surface area contributed by atoms with Crippen molar-refractivity contribution in [3.63, 3.8) is 0 Å². The number of hydrogen-bond acceptors (Lipinski definition) is 3. The van der Waals surface area contributed by atoms with Crippen LogP contribution >= 0.6 is 0 Å². The highest BCUT2D eigenvalue weighted by Crippen LogP contribution is 2.31. The number of hydrogen-bond donors (Lipinski definition) is 2. The second kappa shape index (κ2) is 7.29. The maximum atomic E-state index is 11.8. The number of carbonyl (C=O) groups excluding carboxylic acids is 1. The number of rotatable bonds is 8. The monoisotopic (exact) mass is 276 g/mol. The van der Waals surface area contributed by atoms with Gasteiger partial charge in [0.05, 0.1) is 6.61 Å². The predicted molar refractivity (Wildman–Crippen MR) is 79.6 cm³/mol. The van der Waals surface area contributed by atoms with E-state index in [0.29, 0.717) is 31.9 Å². The molecule has 0 aliphatic heterocycles. The summed E-state index contributed by atoms with van der Waals surface area (Å²) in [7, 11) is 0. The molecule has 4 nitrogen and oxygen atoms in total. The summed E-state index contributed by atoms with van der Waals surface area (Å²) in [6.07, 6.45) is 3.58. The van der Waals surface area contributed by atoms with Gasteiger partial charge in [-0.1, -0.05) is 18.2 Å². The minimum Gasteiger partial charge on any atom is -0.494 e. The molecular weight excluding hydrogens is 252 g/mol. The topological polar surface area (TPSA) is 64.3 Å². The van der Waals surface area contributed by atoms with E-state index in [0.717, 1.165) is 11.3 Å². The molecule has 1 amide bonds. The summed E-state index contributed by atoms with van der Waals surface area (Å²) >= 11 is 0. The van der Waals surface area contributed by atoms with E-state index in [1.165, 1.54) is 12.8 Å². The lowest BCUT2D eigenvalue weighted by molar-refractivity contribution is -0.121. The summed E-state index contributed by atoms with van der Waals surface area (Å²) in [5.74, 6) is 1.55. The lowest BCUT2D eigenvalue weighted by Crippen LogP contribution is -2.38. The van der Waals surface area contributed by atoms with Crippen LogP contribution in [0.25, 0.3) is 0 Å². The number of carbonyl (C=O) groups is 1. The number of aryl methyl sites for hydroxylation is 1. The van der Waals surface area contributed by atoms with Crippen LogP contribution in [0.3, 0.4) is 0 Å². The summed E-state index contributed by atoms with van der Waals surface area (Å²) < 4.78 is 5.56. The van der Waals surface area contributed by atoms with E-state index in [1.807, 2.05) is 31.2 Å². The molecule has 1 aliphatic carbocycles. The van der Waals surface area contributed by atoms with Crippen molar-refractivity contribution in [2.24, 2.45) is 11.7 Å². The Kier molecular flexibility index (Phi) is 5.41. The van der Waals surface area contributed by atoms with Crippen LogP contribution in [-0.2, 0) is 11.2 Å². The fraction of sp³-hybridized carbons (Fsp3) is 0.562. The highest BCUT2D eigenvalue weighted by atomic mass is 16.5. The van der Waals surface area contributed by atoms with E-state index in [9.17, 15) is 4.79 Å². The zero-order chi connectivity index (χ0) is 14.4. The van der Waals surface area contributed by atoms with Gasteiger partial charge in [-0.25, -0.2) is 0 Å². The average Bonchev–Trinajstić information content (AvgIpc) is 3.29. The molecule has 1 unspecified atom stereocenters. The van der Waals surface area contributed by atoms with Gasteiger partial charge in [0, 0.05) is 19.0 Å². The van der Waals surface area contributed by atoms with Gasteiger partial charge in [-0.2, -0.15) is 0 Å². The Morgan fingerprint density at radius 3 is 2.90 bits per heavy atom. The summed E-state index contributed by atoms with van der Waals surface area (Å²) in [4.78, 5) is 11.8.